The third-order valence-corrected chi connectivity index (χ3v) is 3.98. The van der Waals surface area contributed by atoms with E-state index in [-0.39, 0.29) is 25.0 Å². The maximum atomic E-state index is 12.5. The summed E-state index contributed by atoms with van der Waals surface area (Å²) in [5.74, 6) is -0.894. The Bertz CT molecular complexity index is 625. The van der Waals surface area contributed by atoms with Crippen LogP contribution in [0.5, 0.6) is 0 Å². The minimum absolute atomic E-state index is 0.119. The Morgan fingerprint density at radius 2 is 1.78 bits per heavy atom. The Morgan fingerprint density at radius 1 is 1.13 bits per heavy atom. The van der Waals surface area contributed by atoms with Gasteiger partial charge in [0.15, 0.2) is 6.10 Å². The number of nitrogens with one attached hydrogen (secondary N) is 1. The topological polar surface area (TPSA) is 102 Å². The highest BCUT2D eigenvalue weighted by Gasteiger charge is 2.28. The van der Waals surface area contributed by atoms with Crippen LogP contribution in [-0.2, 0) is 9.53 Å². The number of primary amides is 1. The molecular weight excluding hydrogens is 298 g/mol. The number of rotatable bonds is 4. The summed E-state index contributed by atoms with van der Waals surface area (Å²) in [7, 11) is 0. The highest BCUT2D eigenvalue weighted by molar-refractivity contribution is 5.98. The molecule has 7 heteroatoms. The van der Waals surface area contributed by atoms with E-state index in [0.29, 0.717) is 23.7 Å². The zero-order valence-corrected chi connectivity index (χ0v) is 12.7. The van der Waals surface area contributed by atoms with E-state index in [1.54, 1.807) is 24.3 Å². The monoisotopic (exact) mass is 317 g/mol. The number of nitrogens with two attached hydrogens (primary N) is 1. The van der Waals surface area contributed by atoms with Crippen LogP contribution in [0.25, 0.3) is 0 Å². The molecule has 1 aromatic carbocycles. The number of carbonyl (C=O) groups excluding carboxylic acids is 3. The summed E-state index contributed by atoms with van der Waals surface area (Å²) >= 11 is 0. The molecule has 1 unspecified atom stereocenters. The molecule has 3 amide bonds. The van der Waals surface area contributed by atoms with Crippen molar-refractivity contribution >= 4 is 17.7 Å². The zero-order valence-electron chi connectivity index (χ0n) is 12.7. The Labute approximate surface area is 133 Å². The quantitative estimate of drug-likeness (QED) is 0.810. The number of ether oxygens (including phenoxy) is 1. The summed E-state index contributed by atoms with van der Waals surface area (Å²) in [6.45, 7) is 0.839. The van der Waals surface area contributed by atoms with Crippen LogP contribution >= 0.6 is 0 Å². The van der Waals surface area contributed by atoms with Gasteiger partial charge in [-0.25, -0.2) is 0 Å². The smallest absolute Gasteiger partial charge is 0.254 e. The van der Waals surface area contributed by atoms with E-state index in [4.69, 9.17) is 10.5 Å². The average molecular weight is 317 g/mol. The number of carbonyl (C=O) groups is 3. The first kappa shape index (κ1) is 15.5. The first-order valence-corrected chi connectivity index (χ1v) is 7.65. The molecule has 1 heterocycles. The second-order valence-electron chi connectivity index (χ2n) is 5.84. The van der Waals surface area contributed by atoms with E-state index in [0.717, 1.165) is 12.8 Å². The number of hydrogen-bond donors (Lipinski definition) is 2. The lowest BCUT2D eigenvalue weighted by molar-refractivity contribution is -0.133. The Morgan fingerprint density at radius 3 is 2.39 bits per heavy atom. The van der Waals surface area contributed by atoms with Gasteiger partial charge in [-0.15, -0.1) is 0 Å². The maximum Gasteiger partial charge on any atom is 0.254 e. The van der Waals surface area contributed by atoms with Crippen molar-refractivity contribution in [3.05, 3.63) is 35.4 Å². The van der Waals surface area contributed by atoms with Crippen LogP contribution in [0.3, 0.4) is 0 Å². The molecule has 3 N–H and O–H groups in total. The average Bonchev–Trinajstić information content (AvgIpc) is 3.38. The molecule has 2 aliphatic rings. The fourth-order valence-corrected chi connectivity index (χ4v) is 2.45. The van der Waals surface area contributed by atoms with Crippen LogP contribution in [0.15, 0.2) is 24.3 Å². The van der Waals surface area contributed by atoms with Gasteiger partial charge in [-0.05, 0) is 37.1 Å². The van der Waals surface area contributed by atoms with Crippen LogP contribution in [0.2, 0.25) is 0 Å². The highest BCUT2D eigenvalue weighted by atomic mass is 16.5. The fraction of sp³-hybridized carbons (Fsp3) is 0.438. The second-order valence-corrected chi connectivity index (χ2v) is 5.84. The zero-order chi connectivity index (χ0) is 16.4. The Kier molecular flexibility index (Phi) is 4.29. The fourth-order valence-electron chi connectivity index (χ4n) is 2.45. The first-order chi connectivity index (χ1) is 11.0. The minimum Gasteiger partial charge on any atom is -0.367 e. The van der Waals surface area contributed by atoms with E-state index < -0.39 is 12.0 Å². The lowest BCUT2D eigenvalue weighted by Gasteiger charge is -2.31. The van der Waals surface area contributed by atoms with Crippen LogP contribution in [0.4, 0.5) is 0 Å². The Balaban J connectivity index is 1.64. The number of nitrogens with zero attached hydrogens (tertiary/aromatic N) is 1. The highest BCUT2D eigenvalue weighted by Crippen LogP contribution is 2.19. The van der Waals surface area contributed by atoms with Gasteiger partial charge >= 0.3 is 0 Å². The molecular formula is C16H19N3O4. The van der Waals surface area contributed by atoms with Crippen molar-refractivity contribution in [2.75, 3.05) is 19.7 Å². The normalized spacial score (nSPS) is 20.9. The third-order valence-electron chi connectivity index (χ3n) is 3.98. The van der Waals surface area contributed by atoms with E-state index in [9.17, 15) is 14.4 Å². The van der Waals surface area contributed by atoms with Crippen molar-refractivity contribution < 1.29 is 19.1 Å². The van der Waals surface area contributed by atoms with Gasteiger partial charge in [0, 0.05) is 23.7 Å². The number of hydrogen-bond acceptors (Lipinski definition) is 4. The third kappa shape index (κ3) is 3.68. The molecule has 1 saturated carbocycles. The SMILES string of the molecule is NC(=O)C1CN(C(=O)c2ccc(C(=O)NC3CC3)cc2)CCO1. The van der Waals surface area contributed by atoms with Crippen molar-refractivity contribution in [2.45, 2.75) is 25.0 Å². The van der Waals surface area contributed by atoms with E-state index in [1.807, 2.05) is 0 Å². The van der Waals surface area contributed by atoms with Crippen molar-refractivity contribution in [3.8, 4) is 0 Å². The van der Waals surface area contributed by atoms with E-state index >= 15 is 0 Å². The summed E-state index contributed by atoms with van der Waals surface area (Å²) in [5, 5.41) is 2.90. The standard InChI is InChI=1S/C16H19N3O4/c17-14(20)13-9-19(7-8-23-13)16(22)11-3-1-10(2-4-11)15(21)18-12-5-6-12/h1-4,12-13H,5-9H2,(H2,17,20)(H,18,21). The first-order valence-electron chi connectivity index (χ1n) is 7.65. The van der Waals surface area contributed by atoms with Gasteiger partial charge in [0.05, 0.1) is 13.2 Å². The van der Waals surface area contributed by atoms with Crippen LogP contribution < -0.4 is 11.1 Å². The van der Waals surface area contributed by atoms with Crippen molar-refractivity contribution in [2.24, 2.45) is 5.73 Å². The summed E-state index contributed by atoms with van der Waals surface area (Å²) in [6, 6.07) is 6.81. The molecule has 23 heavy (non-hydrogen) atoms. The molecule has 1 aliphatic heterocycles. The number of amides is 3. The summed E-state index contributed by atoms with van der Waals surface area (Å²) < 4.78 is 5.23. The lowest BCUT2D eigenvalue weighted by atomic mass is 10.1. The lowest BCUT2D eigenvalue weighted by Crippen LogP contribution is -2.50. The molecule has 3 rings (SSSR count). The molecule has 0 bridgehead atoms. The number of morpholine rings is 1. The largest absolute Gasteiger partial charge is 0.367 e. The summed E-state index contributed by atoms with van der Waals surface area (Å²) in [6.07, 6.45) is 1.29. The van der Waals surface area contributed by atoms with Crippen molar-refractivity contribution in [1.29, 1.82) is 0 Å². The maximum absolute atomic E-state index is 12.5. The molecule has 1 atom stereocenters. The van der Waals surface area contributed by atoms with E-state index in [1.165, 1.54) is 4.90 Å². The van der Waals surface area contributed by atoms with Gasteiger partial charge in [0.2, 0.25) is 5.91 Å². The molecule has 1 aromatic rings. The van der Waals surface area contributed by atoms with Gasteiger partial charge in [0.1, 0.15) is 0 Å². The molecule has 0 radical (unpaired) electrons. The van der Waals surface area contributed by atoms with Crippen molar-refractivity contribution in [3.63, 3.8) is 0 Å². The van der Waals surface area contributed by atoms with Crippen molar-refractivity contribution in [1.82, 2.24) is 10.2 Å². The molecule has 1 aliphatic carbocycles. The van der Waals surface area contributed by atoms with Gasteiger partial charge in [-0.3, -0.25) is 14.4 Å². The van der Waals surface area contributed by atoms with Gasteiger partial charge < -0.3 is 20.7 Å². The molecule has 1 saturated heterocycles. The molecule has 7 nitrogen and oxygen atoms in total. The van der Waals surface area contributed by atoms with Gasteiger partial charge in [-0.1, -0.05) is 0 Å². The minimum atomic E-state index is -0.767. The van der Waals surface area contributed by atoms with Crippen LogP contribution in [-0.4, -0.2) is 54.5 Å². The molecule has 0 spiro atoms. The molecule has 0 aromatic heterocycles. The predicted octanol–water partition coefficient (Wildman–Crippen LogP) is -0.0949. The summed E-state index contributed by atoms with van der Waals surface area (Å²) in [5.41, 5.74) is 6.22. The van der Waals surface area contributed by atoms with Crippen LogP contribution in [0, 0.1) is 0 Å². The molecule has 122 valence electrons. The predicted molar refractivity (Wildman–Crippen MR) is 81.8 cm³/mol. The Hall–Kier alpha value is -2.41. The van der Waals surface area contributed by atoms with Crippen LogP contribution in [0.1, 0.15) is 33.6 Å². The van der Waals surface area contributed by atoms with Gasteiger partial charge in [0.25, 0.3) is 11.8 Å². The summed E-state index contributed by atoms with van der Waals surface area (Å²) in [4.78, 5) is 37.1. The molecule has 2 fully saturated rings. The van der Waals surface area contributed by atoms with Gasteiger partial charge in [-0.2, -0.15) is 0 Å². The van der Waals surface area contributed by atoms with E-state index in [2.05, 4.69) is 5.32 Å². The number of benzene rings is 1. The second kappa shape index (κ2) is 6.37.